The van der Waals surface area contributed by atoms with Crippen LogP contribution in [-0.4, -0.2) is 31.2 Å². The van der Waals surface area contributed by atoms with E-state index in [1.807, 2.05) is 32.0 Å². The Kier molecular flexibility index (Phi) is 5.66. The molecule has 122 valence electrons. The largest absolute Gasteiger partial charge is 0.487 e. The molecule has 0 aliphatic carbocycles. The zero-order valence-electron chi connectivity index (χ0n) is 13.6. The normalized spacial score (nSPS) is 19.7. The Morgan fingerprint density at radius 2 is 2.05 bits per heavy atom. The summed E-state index contributed by atoms with van der Waals surface area (Å²) in [4.78, 5) is 11.2. The molecular formula is C17H26N2O3. The Hall–Kier alpha value is -1.75. The van der Waals surface area contributed by atoms with Crippen molar-refractivity contribution < 1.29 is 14.3 Å². The third-order valence-corrected chi connectivity index (χ3v) is 3.80. The Bertz CT molecular complexity index is 511. The van der Waals surface area contributed by atoms with Crippen molar-refractivity contribution in [3.05, 3.63) is 23.8 Å². The number of benzene rings is 1. The number of amides is 1. The molecule has 5 heteroatoms. The zero-order valence-corrected chi connectivity index (χ0v) is 13.6. The summed E-state index contributed by atoms with van der Waals surface area (Å²) in [7, 11) is 0. The minimum absolute atomic E-state index is 0.0333. The average Bonchev–Trinajstić information content (AvgIpc) is 2.49. The van der Waals surface area contributed by atoms with E-state index in [-0.39, 0.29) is 6.10 Å². The molecule has 1 fully saturated rings. The maximum atomic E-state index is 11.2. The number of carbonyl (C=O) groups excluding carboxylic acids is 1. The van der Waals surface area contributed by atoms with Gasteiger partial charge < -0.3 is 20.5 Å². The summed E-state index contributed by atoms with van der Waals surface area (Å²) in [6.07, 6.45) is 1.70. The lowest BCUT2D eigenvalue weighted by molar-refractivity contribution is -0.124. The van der Waals surface area contributed by atoms with Crippen molar-refractivity contribution in [3.8, 4) is 11.5 Å². The zero-order chi connectivity index (χ0) is 16.1. The Morgan fingerprint density at radius 3 is 2.64 bits per heavy atom. The summed E-state index contributed by atoms with van der Waals surface area (Å²) in [5.41, 5.74) is 6.51. The van der Waals surface area contributed by atoms with Gasteiger partial charge in [-0.1, -0.05) is 6.07 Å². The second-order valence-corrected chi connectivity index (χ2v) is 6.08. The fourth-order valence-electron chi connectivity index (χ4n) is 2.61. The quantitative estimate of drug-likeness (QED) is 0.845. The second-order valence-electron chi connectivity index (χ2n) is 6.08. The van der Waals surface area contributed by atoms with E-state index in [1.165, 1.54) is 18.4 Å². The first-order valence-electron chi connectivity index (χ1n) is 7.94. The number of nitrogens with one attached hydrogen (secondary N) is 1. The highest BCUT2D eigenvalue weighted by molar-refractivity contribution is 5.78. The number of piperidine rings is 1. The van der Waals surface area contributed by atoms with Crippen molar-refractivity contribution in [1.29, 1.82) is 0 Å². The lowest BCUT2D eigenvalue weighted by Crippen LogP contribution is -2.31. The number of hydrogen-bond acceptors (Lipinski definition) is 4. The predicted molar refractivity (Wildman–Crippen MR) is 86.3 cm³/mol. The molecule has 1 aromatic carbocycles. The van der Waals surface area contributed by atoms with Crippen LogP contribution in [0.2, 0.25) is 0 Å². The smallest absolute Gasteiger partial charge is 0.258 e. The maximum absolute atomic E-state index is 11.2. The molecule has 2 rings (SSSR count). The van der Waals surface area contributed by atoms with Crippen molar-refractivity contribution in [2.24, 2.45) is 5.73 Å². The van der Waals surface area contributed by atoms with E-state index in [0.717, 1.165) is 13.1 Å². The molecule has 2 atom stereocenters. The molecule has 1 aliphatic heterocycles. The van der Waals surface area contributed by atoms with Gasteiger partial charge in [-0.05, 0) is 63.8 Å². The minimum atomic E-state index is -0.684. The molecule has 3 N–H and O–H groups in total. The van der Waals surface area contributed by atoms with Gasteiger partial charge in [-0.25, -0.2) is 0 Å². The molecule has 0 radical (unpaired) electrons. The summed E-state index contributed by atoms with van der Waals surface area (Å²) in [6.45, 7) is 7.65. The van der Waals surface area contributed by atoms with Crippen molar-refractivity contribution in [3.63, 3.8) is 0 Å². The van der Waals surface area contributed by atoms with Gasteiger partial charge >= 0.3 is 0 Å². The van der Waals surface area contributed by atoms with Gasteiger partial charge in [-0.15, -0.1) is 0 Å². The lowest BCUT2D eigenvalue weighted by atomic mass is 9.91. The Balaban J connectivity index is 2.23. The molecular weight excluding hydrogens is 280 g/mol. The molecule has 0 bridgehead atoms. The molecule has 5 nitrogen and oxygen atoms in total. The summed E-state index contributed by atoms with van der Waals surface area (Å²) in [5, 5.41) is 3.42. The van der Waals surface area contributed by atoms with Crippen LogP contribution in [0.25, 0.3) is 0 Å². The van der Waals surface area contributed by atoms with E-state index in [9.17, 15) is 4.79 Å². The van der Waals surface area contributed by atoms with Gasteiger partial charge in [0.05, 0.1) is 6.10 Å². The number of hydrogen-bond donors (Lipinski definition) is 2. The van der Waals surface area contributed by atoms with E-state index in [0.29, 0.717) is 17.4 Å². The SMILES string of the molecule is CC(C)Oc1cc(C2CCCNC2)ccc1OC(C)C(N)=O. The first kappa shape index (κ1) is 16.6. The molecule has 22 heavy (non-hydrogen) atoms. The van der Waals surface area contributed by atoms with Gasteiger partial charge in [-0.2, -0.15) is 0 Å². The number of ether oxygens (including phenoxy) is 2. The van der Waals surface area contributed by atoms with Crippen LogP contribution < -0.4 is 20.5 Å². The number of nitrogens with two attached hydrogens (primary N) is 1. The van der Waals surface area contributed by atoms with Crippen LogP contribution in [-0.2, 0) is 4.79 Å². The second kappa shape index (κ2) is 7.49. The van der Waals surface area contributed by atoms with Gasteiger partial charge in [0.2, 0.25) is 0 Å². The molecule has 1 saturated heterocycles. The van der Waals surface area contributed by atoms with Gasteiger partial charge in [0.25, 0.3) is 5.91 Å². The summed E-state index contributed by atoms with van der Waals surface area (Å²) >= 11 is 0. The van der Waals surface area contributed by atoms with Crippen molar-refractivity contribution in [2.75, 3.05) is 13.1 Å². The number of rotatable bonds is 6. The molecule has 2 unspecified atom stereocenters. The highest BCUT2D eigenvalue weighted by Gasteiger charge is 2.19. The van der Waals surface area contributed by atoms with Crippen molar-refractivity contribution in [1.82, 2.24) is 5.32 Å². The van der Waals surface area contributed by atoms with Crippen LogP contribution in [0.15, 0.2) is 18.2 Å². The summed E-state index contributed by atoms with van der Waals surface area (Å²) in [5.74, 6) is 1.24. The minimum Gasteiger partial charge on any atom is -0.487 e. The average molecular weight is 306 g/mol. The van der Waals surface area contributed by atoms with Crippen molar-refractivity contribution >= 4 is 5.91 Å². The van der Waals surface area contributed by atoms with Crippen LogP contribution in [0, 0.1) is 0 Å². The fourth-order valence-corrected chi connectivity index (χ4v) is 2.61. The van der Waals surface area contributed by atoms with Gasteiger partial charge in [0.1, 0.15) is 0 Å². The highest BCUT2D eigenvalue weighted by atomic mass is 16.5. The van der Waals surface area contributed by atoms with Crippen molar-refractivity contribution in [2.45, 2.75) is 51.7 Å². The third-order valence-electron chi connectivity index (χ3n) is 3.80. The maximum Gasteiger partial charge on any atom is 0.258 e. The fraction of sp³-hybridized carbons (Fsp3) is 0.588. The first-order valence-corrected chi connectivity index (χ1v) is 7.94. The van der Waals surface area contributed by atoms with Crippen LogP contribution in [0.1, 0.15) is 45.1 Å². The molecule has 0 spiro atoms. The molecule has 1 aliphatic rings. The van der Waals surface area contributed by atoms with Gasteiger partial charge in [0.15, 0.2) is 17.6 Å². The monoisotopic (exact) mass is 306 g/mol. The first-order chi connectivity index (χ1) is 10.5. The predicted octanol–water partition coefficient (Wildman–Crippen LogP) is 2.19. The summed E-state index contributed by atoms with van der Waals surface area (Å²) < 4.78 is 11.5. The van der Waals surface area contributed by atoms with Crippen LogP contribution in [0.4, 0.5) is 0 Å². The van der Waals surface area contributed by atoms with Gasteiger partial charge in [-0.3, -0.25) is 4.79 Å². The highest BCUT2D eigenvalue weighted by Crippen LogP contribution is 2.34. The Morgan fingerprint density at radius 1 is 1.27 bits per heavy atom. The van der Waals surface area contributed by atoms with E-state index >= 15 is 0 Å². The van der Waals surface area contributed by atoms with E-state index in [1.54, 1.807) is 6.92 Å². The van der Waals surface area contributed by atoms with Gasteiger partial charge in [0, 0.05) is 6.54 Å². The van der Waals surface area contributed by atoms with E-state index in [2.05, 4.69) is 5.32 Å². The summed E-state index contributed by atoms with van der Waals surface area (Å²) in [6, 6.07) is 5.95. The lowest BCUT2D eigenvalue weighted by Gasteiger charge is -2.25. The molecule has 1 heterocycles. The molecule has 0 aromatic heterocycles. The van der Waals surface area contributed by atoms with Crippen LogP contribution in [0.3, 0.4) is 0 Å². The number of carbonyl (C=O) groups is 1. The molecule has 0 saturated carbocycles. The van der Waals surface area contributed by atoms with E-state index in [4.69, 9.17) is 15.2 Å². The molecule has 1 amide bonds. The topological polar surface area (TPSA) is 73.6 Å². The van der Waals surface area contributed by atoms with E-state index < -0.39 is 12.0 Å². The third kappa shape index (κ3) is 4.37. The number of primary amides is 1. The van der Waals surface area contributed by atoms with Crippen LogP contribution >= 0.6 is 0 Å². The molecule has 1 aromatic rings. The standard InChI is InChI=1S/C17H26N2O3/c1-11(2)21-16-9-13(14-5-4-8-19-10-14)6-7-15(16)22-12(3)17(18)20/h6-7,9,11-12,14,19H,4-5,8,10H2,1-3H3,(H2,18,20). The van der Waals surface area contributed by atoms with Crippen LogP contribution in [0.5, 0.6) is 11.5 Å². The Labute approximate surface area is 132 Å².